The molecule has 1 aromatic heterocycles. The van der Waals surface area contributed by atoms with Crippen LogP contribution in [0.3, 0.4) is 0 Å². The van der Waals surface area contributed by atoms with Crippen molar-refractivity contribution in [2.75, 3.05) is 6.61 Å². The number of fused-ring (bicyclic) bond motifs is 1. The summed E-state index contributed by atoms with van der Waals surface area (Å²) in [4.78, 5) is 28.7. The third kappa shape index (κ3) is 3.93. The van der Waals surface area contributed by atoms with Gasteiger partial charge in [0.05, 0.1) is 16.1 Å². The van der Waals surface area contributed by atoms with E-state index in [1.54, 1.807) is 30.3 Å². The number of halogens is 3. The van der Waals surface area contributed by atoms with E-state index in [-0.39, 0.29) is 21.3 Å². The number of carbonyl (C=O) groups is 2. The maximum Gasteiger partial charge on any atom is 0.339 e. The van der Waals surface area contributed by atoms with Crippen molar-refractivity contribution < 1.29 is 14.3 Å². The first kappa shape index (κ1) is 17.7. The molecule has 7 heteroatoms. The second-order valence-corrected chi connectivity index (χ2v) is 6.36. The smallest absolute Gasteiger partial charge is 0.339 e. The van der Waals surface area contributed by atoms with Crippen LogP contribution in [0, 0.1) is 0 Å². The summed E-state index contributed by atoms with van der Waals surface area (Å²) in [5.74, 6) is -1.10. The number of carbonyl (C=O) groups excluding carboxylic acids is 2. The van der Waals surface area contributed by atoms with Crippen molar-refractivity contribution in [3.05, 3.63) is 74.9 Å². The van der Waals surface area contributed by atoms with Gasteiger partial charge in [-0.15, -0.1) is 0 Å². The number of ketones is 1. The quantitative estimate of drug-likeness (QED) is 0.345. The molecule has 0 saturated carbocycles. The highest BCUT2D eigenvalue weighted by molar-refractivity contribution is 6.37. The maximum atomic E-state index is 12.4. The van der Waals surface area contributed by atoms with E-state index in [9.17, 15) is 9.59 Å². The Balaban J connectivity index is 1.80. The average molecular weight is 395 g/mol. The summed E-state index contributed by atoms with van der Waals surface area (Å²) in [5, 5.41) is 1.37. The van der Waals surface area contributed by atoms with Crippen LogP contribution in [0.4, 0.5) is 0 Å². The number of nitrogens with zero attached hydrogens (tertiary/aromatic N) is 1. The van der Waals surface area contributed by atoms with Crippen LogP contribution in [0.15, 0.2) is 48.5 Å². The topological polar surface area (TPSA) is 56.3 Å². The SMILES string of the molecule is O=C(COC(=O)c1cc(Cl)nc2ccccc12)c1ccc(Cl)cc1Cl. The zero-order valence-electron chi connectivity index (χ0n) is 12.6. The fourth-order valence-electron chi connectivity index (χ4n) is 2.31. The molecule has 0 aliphatic carbocycles. The molecule has 0 amide bonds. The van der Waals surface area contributed by atoms with Gasteiger partial charge in [-0.25, -0.2) is 9.78 Å². The van der Waals surface area contributed by atoms with E-state index in [0.29, 0.717) is 15.9 Å². The third-order valence-electron chi connectivity index (χ3n) is 3.47. The van der Waals surface area contributed by atoms with Crippen LogP contribution >= 0.6 is 34.8 Å². The molecule has 3 rings (SSSR count). The Labute approximate surface area is 158 Å². The van der Waals surface area contributed by atoms with Gasteiger partial charge in [-0.05, 0) is 30.3 Å². The number of rotatable bonds is 4. The summed E-state index contributed by atoms with van der Waals surface area (Å²) >= 11 is 17.7. The van der Waals surface area contributed by atoms with Crippen molar-refractivity contribution >= 4 is 57.5 Å². The molecule has 0 bridgehead atoms. The van der Waals surface area contributed by atoms with Crippen molar-refractivity contribution in [1.82, 2.24) is 4.98 Å². The molecule has 2 aromatic carbocycles. The Morgan fingerprint density at radius 1 is 0.960 bits per heavy atom. The largest absolute Gasteiger partial charge is 0.454 e. The molecule has 0 aliphatic heterocycles. The molecule has 126 valence electrons. The Morgan fingerprint density at radius 2 is 1.72 bits per heavy atom. The van der Waals surface area contributed by atoms with Crippen LogP contribution in [0.2, 0.25) is 15.2 Å². The van der Waals surface area contributed by atoms with Crippen LogP contribution in [0.5, 0.6) is 0 Å². The molecular weight excluding hydrogens is 385 g/mol. The van der Waals surface area contributed by atoms with E-state index < -0.39 is 18.4 Å². The van der Waals surface area contributed by atoms with Crippen molar-refractivity contribution in [3.8, 4) is 0 Å². The fraction of sp³-hybridized carbons (Fsp3) is 0.0556. The van der Waals surface area contributed by atoms with Crippen LogP contribution in [-0.4, -0.2) is 23.3 Å². The van der Waals surface area contributed by atoms with E-state index in [2.05, 4.69) is 4.98 Å². The molecule has 4 nitrogen and oxygen atoms in total. The van der Waals surface area contributed by atoms with Gasteiger partial charge in [0, 0.05) is 16.0 Å². The molecule has 25 heavy (non-hydrogen) atoms. The molecule has 3 aromatic rings. The minimum atomic E-state index is -0.668. The molecular formula is C18H10Cl3NO3. The third-order valence-corrected chi connectivity index (χ3v) is 4.21. The van der Waals surface area contributed by atoms with Crippen LogP contribution in [0.1, 0.15) is 20.7 Å². The van der Waals surface area contributed by atoms with E-state index in [0.717, 1.165) is 0 Å². The van der Waals surface area contributed by atoms with Gasteiger partial charge in [-0.1, -0.05) is 53.0 Å². The van der Waals surface area contributed by atoms with Gasteiger partial charge in [-0.2, -0.15) is 0 Å². The second-order valence-electron chi connectivity index (χ2n) is 5.13. The number of esters is 1. The molecule has 0 saturated heterocycles. The van der Waals surface area contributed by atoms with E-state index >= 15 is 0 Å². The predicted molar refractivity (Wildman–Crippen MR) is 97.8 cm³/mol. The zero-order chi connectivity index (χ0) is 18.0. The first-order valence-electron chi connectivity index (χ1n) is 7.16. The molecule has 0 unspecified atom stereocenters. The van der Waals surface area contributed by atoms with Gasteiger partial charge in [-0.3, -0.25) is 4.79 Å². The van der Waals surface area contributed by atoms with Gasteiger partial charge in [0.1, 0.15) is 5.15 Å². The standard InChI is InChI=1S/C18H10Cl3NO3/c19-10-5-6-12(14(20)7-10)16(23)9-25-18(24)13-8-17(21)22-15-4-2-1-3-11(13)15/h1-8H,9H2. The molecule has 0 N–H and O–H groups in total. The lowest BCUT2D eigenvalue weighted by atomic mass is 10.1. The van der Waals surface area contributed by atoms with Crippen molar-refractivity contribution in [3.63, 3.8) is 0 Å². The highest BCUT2D eigenvalue weighted by Gasteiger charge is 2.17. The number of hydrogen-bond acceptors (Lipinski definition) is 4. The van der Waals surface area contributed by atoms with Gasteiger partial charge in [0.15, 0.2) is 6.61 Å². The van der Waals surface area contributed by atoms with Crippen LogP contribution < -0.4 is 0 Å². The van der Waals surface area contributed by atoms with Crippen LogP contribution in [0.25, 0.3) is 10.9 Å². The maximum absolute atomic E-state index is 12.4. The lowest BCUT2D eigenvalue weighted by Crippen LogP contribution is -2.15. The van der Waals surface area contributed by atoms with Gasteiger partial charge >= 0.3 is 5.97 Å². The normalized spacial score (nSPS) is 10.7. The van der Waals surface area contributed by atoms with Crippen molar-refractivity contribution in [2.24, 2.45) is 0 Å². The Bertz CT molecular complexity index is 988. The number of pyridine rings is 1. The lowest BCUT2D eigenvalue weighted by Gasteiger charge is -2.08. The van der Waals surface area contributed by atoms with Crippen molar-refractivity contribution in [2.45, 2.75) is 0 Å². The molecule has 0 aliphatic rings. The fourth-order valence-corrected chi connectivity index (χ4v) is 3.03. The summed E-state index contributed by atoms with van der Waals surface area (Å²) in [6, 6.07) is 12.9. The molecule has 0 spiro atoms. The second kappa shape index (κ2) is 7.40. The number of benzene rings is 2. The first-order valence-corrected chi connectivity index (χ1v) is 8.30. The molecule has 0 radical (unpaired) electrons. The van der Waals surface area contributed by atoms with Crippen molar-refractivity contribution in [1.29, 1.82) is 0 Å². The molecule has 0 atom stereocenters. The monoisotopic (exact) mass is 393 g/mol. The summed E-state index contributed by atoms with van der Waals surface area (Å²) in [5.41, 5.74) is 1.04. The average Bonchev–Trinajstić information content (AvgIpc) is 2.58. The number of para-hydroxylation sites is 1. The molecule has 1 heterocycles. The minimum absolute atomic E-state index is 0.165. The summed E-state index contributed by atoms with van der Waals surface area (Å²) in [7, 11) is 0. The Kier molecular flexibility index (Phi) is 5.23. The minimum Gasteiger partial charge on any atom is -0.454 e. The number of Topliss-reactive ketones (excluding diaryl/α,β-unsaturated/α-hetero) is 1. The first-order chi connectivity index (χ1) is 12.0. The summed E-state index contributed by atoms with van der Waals surface area (Å²) < 4.78 is 5.13. The van der Waals surface area contributed by atoms with Gasteiger partial charge in [0.25, 0.3) is 0 Å². The lowest BCUT2D eigenvalue weighted by molar-refractivity contribution is 0.0476. The van der Waals surface area contributed by atoms with E-state index in [1.807, 2.05) is 0 Å². The Hall–Kier alpha value is -2.14. The van der Waals surface area contributed by atoms with E-state index in [1.165, 1.54) is 18.2 Å². The predicted octanol–water partition coefficient (Wildman–Crippen LogP) is 5.23. The number of ether oxygens (including phenoxy) is 1. The summed E-state index contributed by atoms with van der Waals surface area (Å²) in [6.07, 6.45) is 0. The highest BCUT2D eigenvalue weighted by Crippen LogP contribution is 2.23. The molecule has 0 fully saturated rings. The van der Waals surface area contributed by atoms with E-state index in [4.69, 9.17) is 39.5 Å². The number of aromatic nitrogens is 1. The van der Waals surface area contributed by atoms with Crippen LogP contribution in [-0.2, 0) is 4.74 Å². The summed E-state index contributed by atoms with van der Waals surface area (Å²) in [6.45, 7) is -0.450. The number of hydrogen-bond donors (Lipinski definition) is 0. The van der Waals surface area contributed by atoms with Gasteiger partial charge in [0.2, 0.25) is 5.78 Å². The highest BCUT2D eigenvalue weighted by atomic mass is 35.5. The zero-order valence-corrected chi connectivity index (χ0v) is 14.9. The Morgan fingerprint density at radius 3 is 2.48 bits per heavy atom. The van der Waals surface area contributed by atoms with Gasteiger partial charge < -0.3 is 4.74 Å².